The molecule has 0 spiro atoms. The average molecular weight is 772 g/mol. The third-order valence-electron chi connectivity index (χ3n) is 12.3. The maximum Gasteiger partial charge on any atom is 0.0465 e. The topological polar surface area (TPSA) is 3.24 Å². The van der Waals surface area contributed by atoms with Crippen LogP contribution in [-0.4, -0.2) is 0 Å². The van der Waals surface area contributed by atoms with E-state index in [1.165, 1.54) is 86.9 Å². The maximum absolute atomic E-state index is 2.49. The van der Waals surface area contributed by atoms with Crippen LogP contribution >= 0.6 is 11.3 Å². The third-order valence-corrected chi connectivity index (χ3v) is 13.4. The highest BCUT2D eigenvalue weighted by Crippen LogP contribution is 2.57. The van der Waals surface area contributed by atoms with Crippen LogP contribution in [0.5, 0.6) is 0 Å². The van der Waals surface area contributed by atoms with Gasteiger partial charge in [-0.2, -0.15) is 0 Å². The molecular weight excluding hydrogens is 731 g/mol. The molecule has 0 aliphatic heterocycles. The highest BCUT2D eigenvalue weighted by molar-refractivity contribution is 7.26. The van der Waals surface area contributed by atoms with Crippen molar-refractivity contribution >= 4 is 48.6 Å². The number of benzene rings is 9. The molecule has 0 fully saturated rings. The second kappa shape index (κ2) is 14.1. The SMILES string of the molecule is CC1(C)c2cc(N(c3ccc(-c4ccccc4)cc3)c3ccc(-c4ccc(-c5ccccc5)cc4)cc3)ccc2-c2c1cc1sc3ccccc3c1c2-c1ccccc1. The van der Waals surface area contributed by atoms with Gasteiger partial charge in [0.25, 0.3) is 0 Å². The quantitative estimate of drug-likeness (QED) is 0.156. The monoisotopic (exact) mass is 771 g/mol. The minimum Gasteiger partial charge on any atom is -0.310 e. The predicted octanol–water partition coefficient (Wildman–Crippen LogP) is 16.5. The normalized spacial score (nSPS) is 12.7. The summed E-state index contributed by atoms with van der Waals surface area (Å²) in [7, 11) is 0. The summed E-state index contributed by atoms with van der Waals surface area (Å²) in [4.78, 5) is 2.42. The highest BCUT2D eigenvalue weighted by atomic mass is 32.1. The largest absolute Gasteiger partial charge is 0.310 e. The van der Waals surface area contributed by atoms with Gasteiger partial charge in [-0.25, -0.2) is 0 Å². The molecule has 0 amide bonds. The number of nitrogens with zero attached hydrogens (tertiary/aromatic N) is 1. The number of rotatable bonds is 7. The van der Waals surface area contributed by atoms with Crippen molar-refractivity contribution in [2.24, 2.45) is 0 Å². The van der Waals surface area contributed by atoms with Crippen molar-refractivity contribution < 1.29 is 0 Å². The van der Waals surface area contributed by atoms with Crippen LogP contribution < -0.4 is 4.90 Å². The zero-order chi connectivity index (χ0) is 39.5. The summed E-state index contributed by atoms with van der Waals surface area (Å²) >= 11 is 1.91. The van der Waals surface area contributed by atoms with Crippen molar-refractivity contribution in [3.8, 4) is 55.6 Å². The fourth-order valence-electron chi connectivity index (χ4n) is 9.27. The number of hydrogen-bond donors (Lipinski definition) is 0. The molecule has 9 aromatic carbocycles. The first kappa shape index (κ1) is 35.2. The minimum atomic E-state index is -0.215. The van der Waals surface area contributed by atoms with Crippen LogP contribution in [0.25, 0.3) is 75.8 Å². The molecule has 0 atom stereocenters. The number of hydrogen-bond acceptors (Lipinski definition) is 2. The molecule has 1 nitrogen and oxygen atoms in total. The van der Waals surface area contributed by atoms with Gasteiger partial charge in [0, 0.05) is 42.6 Å². The van der Waals surface area contributed by atoms with Crippen molar-refractivity contribution in [1.82, 2.24) is 0 Å². The summed E-state index contributed by atoms with van der Waals surface area (Å²) in [5, 5.41) is 2.69. The molecule has 0 unspecified atom stereocenters. The molecule has 1 aliphatic carbocycles. The van der Waals surface area contributed by atoms with E-state index in [9.17, 15) is 0 Å². The predicted molar refractivity (Wildman–Crippen MR) is 253 cm³/mol. The molecule has 11 rings (SSSR count). The van der Waals surface area contributed by atoms with E-state index in [1.807, 2.05) is 11.3 Å². The molecule has 0 N–H and O–H groups in total. The van der Waals surface area contributed by atoms with E-state index in [2.05, 4.69) is 231 Å². The first-order chi connectivity index (χ1) is 29.0. The lowest BCUT2D eigenvalue weighted by Gasteiger charge is -2.28. The molecule has 0 saturated carbocycles. The first-order valence-corrected chi connectivity index (χ1v) is 21.2. The van der Waals surface area contributed by atoms with Crippen LogP contribution in [-0.2, 0) is 5.41 Å². The van der Waals surface area contributed by atoms with Crippen molar-refractivity contribution in [2.75, 3.05) is 4.90 Å². The van der Waals surface area contributed by atoms with E-state index in [0.717, 1.165) is 17.1 Å². The minimum absolute atomic E-state index is 0.215. The Morgan fingerprint density at radius 3 is 1.34 bits per heavy atom. The third kappa shape index (κ3) is 5.99. The van der Waals surface area contributed by atoms with E-state index in [-0.39, 0.29) is 5.41 Å². The van der Waals surface area contributed by atoms with Gasteiger partial charge in [0.05, 0.1) is 0 Å². The molecule has 59 heavy (non-hydrogen) atoms. The summed E-state index contributed by atoms with van der Waals surface area (Å²) in [5.74, 6) is 0. The van der Waals surface area contributed by atoms with Crippen LogP contribution in [0, 0.1) is 0 Å². The van der Waals surface area contributed by atoms with Gasteiger partial charge in [0.15, 0.2) is 0 Å². The van der Waals surface area contributed by atoms with E-state index in [1.54, 1.807) is 0 Å². The summed E-state index contributed by atoms with van der Waals surface area (Å²) < 4.78 is 2.68. The Balaban J connectivity index is 1.04. The Bertz CT molecular complexity index is 3130. The zero-order valence-electron chi connectivity index (χ0n) is 33.1. The molecule has 1 aliphatic rings. The Kier molecular flexibility index (Phi) is 8.43. The van der Waals surface area contributed by atoms with E-state index < -0.39 is 0 Å². The number of thiophene rings is 1. The molecule has 1 heterocycles. The Morgan fingerprint density at radius 1 is 0.356 bits per heavy atom. The molecular formula is C57H41NS. The van der Waals surface area contributed by atoms with E-state index in [0.29, 0.717) is 0 Å². The summed E-state index contributed by atoms with van der Waals surface area (Å²) in [6.45, 7) is 4.82. The van der Waals surface area contributed by atoms with Crippen LogP contribution in [0.2, 0.25) is 0 Å². The van der Waals surface area contributed by atoms with Crippen LogP contribution in [0.3, 0.4) is 0 Å². The lowest BCUT2D eigenvalue weighted by molar-refractivity contribution is 0.661. The van der Waals surface area contributed by atoms with Gasteiger partial charge in [0.2, 0.25) is 0 Å². The molecule has 0 saturated heterocycles. The Hall–Kier alpha value is -7.00. The van der Waals surface area contributed by atoms with Gasteiger partial charge in [0.1, 0.15) is 0 Å². The van der Waals surface area contributed by atoms with Gasteiger partial charge in [-0.15, -0.1) is 11.3 Å². The van der Waals surface area contributed by atoms with Crippen LogP contribution in [0.1, 0.15) is 25.0 Å². The maximum atomic E-state index is 2.49. The van der Waals surface area contributed by atoms with Crippen molar-refractivity contribution in [3.63, 3.8) is 0 Å². The van der Waals surface area contributed by atoms with Crippen LogP contribution in [0.15, 0.2) is 212 Å². The molecule has 280 valence electrons. The van der Waals surface area contributed by atoms with Crippen molar-refractivity contribution in [3.05, 3.63) is 223 Å². The lowest BCUT2D eigenvalue weighted by Crippen LogP contribution is -2.16. The molecule has 10 aromatic rings. The number of fused-ring (bicyclic) bond motifs is 6. The van der Waals surface area contributed by atoms with Crippen molar-refractivity contribution in [1.29, 1.82) is 0 Å². The molecule has 1 aromatic heterocycles. The second-order valence-electron chi connectivity index (χ2n) is 16.1. The zero-order valence-corrected chi connectivity index (χ0v) is 33.9. The highest BCUT2D eigenvalue weighted by Gasteiger charge is 2.39. The lowest BCUT2D eigenvalue weighted by atomic mass is 9.81. The van der Waals surface area contributed by atoms with E-state index in [4.69, 9.17) is 0 Å². The molecule has 2 heteroatoms. The van der Waals surface area contributed by atoms with Gasteiger partial charge >= 0.3 is 0 Å². The van der Waals surface area contributed by atoms with Gasteiger partial charge in [-0.1, -0.05) is 178 Å². The van der Waals surface area contributed by atoms with Crippen molar-refractivity contribution in [2.45, 2.75) is 19.3 Å². The smallest absolute Gasteiger partial charge is 0.0465 e. The van der Waals surface area contributed by atoms with Crippen LogP contribution in [0.4, 0.5) is 17.1 Å². The fraction of sp³-hybridized carbons (Fsp3) is 0.0526. The summed E-state index contributed by atoms with van der Waals surface area (Å²) in [6, 6.07) is 77.8. The summed E-state index contributed by atoms with van der Waals surface area (Å²) in [6.07, 6.45) is 0. The molecule has 0 bridgehead atoms. The first-order valence-electron chi connectivity index (χ1n) is 20.4. The number of anilines is 3. The Labute approximate surface area is 350 Å². The fourth-order valence-corrected chi connectivity index (χ4v) is 10.4. The van der Waals surface area contributed by atoms with Gasteiger partial charge < -0.3 is 4.90 Å². The Morgan fingerprint density at radius 2 is 0.797 bits per heavy atom. The standard InChI is InChI=1S/C57H41NS/c1-57(2)50-36-47(34-35-48(50)55-51(57)37-53-56(49-20-12-13-21-52(49)59-53)54(55)44-18-10-5-11-19-44)58(45-30-26-42(27-31-45)39-16-8-4-9-17-39)46-32-28-43(29-33-46)41-24-22-40(23-25-41)38-14-6-3-7-15-38/h3-37H,1-2H3. The summed E-state index contributed by atoms with van der Waals surface area (Å²) in [5.41, 5.74) is 18.5. The second-order valence-corrected chi connectivity index (χ2v) is 17.2. The average Bonchev–Trinajstić information content (AvgIpc) is 3.78. The van der Waals surface area contributed by atoms with Gasteiger partial charge in [-0.05, 0) is 115 Å². The van der Waals surface area contributed by atoms with E-state index >= 15 is 0 Å². The van der Waals surface area contributed by atoms with Gasteiger partial charge in [-0.3, -0.25) is 0 Å². The molecule has 0 radical (unpaired) electrons.